The van der Waals surface area contributed by atoms with Crippen molar-refractivity contribution in [2.75, 3.05) is 5.43 Å². The van der Waals surface area contributed by atoms with Gasteiger partial charge in [0, 0.05) is 5.92 Å². The van der Waals surface area contributed by atoms with E-state index >= 15 is 0 Å². The number of Topliss-reactive ketones (excluding diaryl/α,β-unsaturated/α-hetero) is 1. The van der Waals surface area contributed by atoms with Gasteiger partial charge in [-0.1, -0.05) is 17.7 Å². The summed E-state index contributed by atoms with van der Waals surface area (Å²) in [7, 11) is 0. The minimum absolute atomic E-state index is 0.0215. The first-order chi connectivity index (χ1) is 8.20. The Kier molecular flexibility index (Phi) is 3.20. The molecule has 1 aromatic rings. The second-order valence-corrected chi connectivity index (χ2v) is 4.19. The summed E-state index contributed by atoms with van der Waals surface area (Å²) in [5.41, 5.74) is 4.61. The lowest BCUT2D eigenvalue weighted by atomic mass is 10.2. The molecule has 0 heterocycles. The van der Waals surface area contributed by atoms with E-state index in [9.17, 15) is 4.79 Å². The summed E-state index contributed by atoms with van der Waals surface area (Å²) in [4.78, 5) is 11.6. The zero-order valence-electron chi connectivity index (χ0n) is 9.60. The standard InChI is InChI=1S/C13H13N3O/c1-9-2-6-11(7-3-9)15-16-12(8-14)13(17)10-4-5-10/h2-3,6-7,10,15H,4-5H2,1H3/b16-12-. The average Bonchev–Trinajstić information content (AvgIpc) is 3.16. The Hall–Kier alpha value is -2.15. The lowest BCUT2D eigenvalue weighted by molar-refractivity contribution is -0.113. The minimum Gasteiger partial charge on any atom is -0.291 e. The summed E-state index contributed by atoms with van der Waals surface area (Å²) in [5.74, 6) is -0.125. The van der Waals surface area contributed by atoms with Crippen molar-refractivity contribution in [3.8, 4) is 6.07 Å². The summed E-state index contributed by atoms with van der Waals surface area (Å²) >= 11 is 0. The number of nitriles is 1. The predicted octanol–water partition coefficient (Wildman–Crippen LogP) is 2.27. The Bertz CT molecular complexity index is 492. The smallest absolute Gasteiger partial charge is 0.203 e. The van der Waals surface area contributed by atoms with Gasteiger partial charge in [0.2, 0.25) is 5.71 Å². The van der Waals surface area contributed by atoms with Crippen LogP contribution in [0.4, 0.5) is 5.69 Å². The quantitative estimate of drug-likeness (QED) is 0.633. The Balaban J connectivity index is 2.05. The highest BCUT2D eigenvalue weighted by atomic mass is 16.1. The third kappa shape index (κ3) is 2.91. The SMILES string of the molecule is Cc1ccc(N/N=C(/C#N)C(=O)C2CC2)cc1. The molecule has 0 aliphatic heterocycles. The second kappa shape index (κ2) is 4.79. The van der Waals surface area contributed by atoms with Gasteiger partial charge in [0.1, 0.15) is 6.07 Å². The van der Waals surface area contributed by atoms with E-state index in [0.29, 0.717) is 0 Å². The molecule has 17 heavy (non-hydrogen) atoms. The molecular formula is C13H13N3O. The van der Waals surface area contributed by atoms with Crippen LogP contribution in [0.15, 0.2) is 29.4 Å². The van der Waals surface area contributed by atoms with Crippen molar-refractivity contribution in [1.82, 2.24) is 0 Å². The molecule has 0 unspecified atom stereocenters. The molecule has 1 aliphatic rings. The van der Waals surface area contributed by atoms with Gasteiger partial charge in [0.15, 0.2) is 5.78 Å². The maximum Gasteiger partial charge on any atom is 0.203 e. The Labute approximate surface area is 99.9 Å². The molecule has 1 N–H and O–H groups in total. The Morgan fingerprint density at radius 2 is 2.06 bits per heavy atom. The highest BCUT2D eigenvalue weighted by Crippen LogP contribution is 2.30. The number of ketones is 1. The zero-order valence-corrected chi connectivity index (χ0v) is 9.60. The zero-order chi connectivity index (χ0) is 12.3. The van der Waals surface area contributed by atoms with Crippen LogP contribution < -0.4 is 5.43 Å². The fourth-order valence-corrected chi connectivity index (χ4v) is 1.42. The van der Waals surface area contributed by atoms with Crippen molar-refractivity contribution >= 4 is 17.2 Å². The van der Waals surface area contributed by atoms with E-state index in [1.165, 1.54) is 0 Å². The number of aryl methyl sites for hydroxylation is 1. The van der Waals surface area contributed by atoms with Gasteiger partial charge in [-0.3, -0.25) is 10.2 Å². The number of rotatable bonds is 4. The van der Waals surface area contributed by atoms with Crippen LogP contribution in [0.25, 0.3) is 0 Å². The fraction of sp³-hybridized carbons (Fsp3) is 0.308. The summed E-state index contributed by atoms with van der Waals surface area (Å²) in [6.45, 7) is 1.99. The number of nitrogens with one attached hydrogen (secondary N) is 1. The first-order valence-corrected chi connectivity index (χ1v) is 5.55. The molecule has 0 bridgehead atoms. The fourth-order valence-electron chi connectivity index (χ4n) is 1.42. The van der Waals surface area contributed by atoms with Crippen LogP contribution in [0, 0.1) is 24.2 Å². The average molecular weight is 227 g/mol. The molecule has 4 heteroatoms. The van der Waals surface area contributed by atoms with E-state index < -0.39 is 0 Å². The maximum absolute atomic E-state index is 11.6. The van der Waals surface area contributed by atoms with Gasteiger partial charge in [-0.2, -0.15) is 10.4 Å². The Morgan fingerprint density at radius 1 is 1.41 bits per heavy atom. The van der Waals surface area contributed by atoms with Crippen LogP contribution in [0.5, 0.6) is 0 Å². The van der Waals surface area contributed by atoms with Gasteiger partial charge < -0.3 is 0 Å². The topological polar surface area (TPSA) is 65.2 Å². The first kappa shape index (κ1) is 11.3. The highest BCUT2D eigenvalue weighted by molar-refractivity contribution is 6.47. The molecule has 1 saturated carbocycles. The molecular weight excluding hydrogens is 214 g/mol. The summed E-state index contributed by atoms with van der Waals surface area (Å²) in [6.07, 6.45) is 1.76. The van der Waals surface area contributed by atoms with Gasteiger partial charge in [-0.25, -0.2) is 0 Å². The highest BCUT2D eigenvalue weighted by Gasteiger charge is 2.32. The van der Waals surface area contributed by atoms with E-state index in [1.807, 2.05) is 37.3 Å². The third-order valence-corrected chi connectivity index (χ3v) is 2.64. The summed E-state index contributed by atoms with van der Waals surface area (Å²) < 4.78 is 0. The largest absolute Gasteiger partial charge is 0.291 e. The van der Waals surface area contributed by atoms with Crippen molar-refractivity contribution in [2.24, 2.45) is 11.0 Å². The first-order valence-electron chi connectivity index (χ1n) is 5.55. The number of carbonyl (C=O) groups excluding carboxylic acids is 1. The van der Waals surface area contributed by atoms with Gasteiger partial charge in [0.25, 0.3) is 0 Å². The minimum atomic E-state index is -0.146. The van der Waals surface area contributed by atoms with Crippen LogP contribution in [0.1, 0.15) is 18.4 Å². The van der Waals surface area contributed by atoms with Crippen molar-refractivity contribution in [3.05, 3.63) is 29.8 Å². The van der Waals surface area contributed by atoms with E-state index in [0.717, 1.165) is 24.1 Å². The van der Waals surface area contributed by atoms with E-state index in [1.54, 1.807) is 0 Å². The molecule has 0 amide bonds. The molecule has 4 nitrogen and oxygen atoms in total. The summed E-state index contributed by atoms with van der Waals surface area (Å²) in [5, 5.41) is 12.7. The van der Waals surface area contributed by atoms with Gasteiger partial charge in [0.05, 0.1) is 5.69 Å². The van der Waals surface area contributed by atoms with E-state index in [2.05, 4.69) is 10.5 Å². The number of hydrazone groups is 1. The van der Waals surface area contributed by atoms with Crippen LogP contribution in [-0.4, -0.2) is 11.5 Å². The van der Waals surface area contributed by atoms with Gasteiger partial charge >= 0.3 is 0 Å². The maximum atomic E-state index is 11.6. The number of nitrogens with zero attached hydrogens (tertiary/aromatic N) is 2. The lowest BCUT2D eigenvalue weighted by Crippen LogP contribution is -2.15. The van der Waals surface area contributed by atoms with Gasteiger partial charge in [-0.05, 0) is 31.9 Å². The molecule has 0 spiro atoms. The molecule has 1 aromatic carbocycles. The number of hydrogen-bond donors (Lipinski definition) is 1. The number of benzene rings is 1. The van der Waals surface area contributed by atoms with Crippen LogP contribution in [0.2, 0.25) is 0 Å². The van der Waals surface area contributed by atoms with Crippen molar-refractivity contribution in [1.29, 1.82) is 5.26 Å². The molecule has 0 saturated heterocycles. The van der Waals surface area contributed by atoms with Crippen molar-refractivity contribution in [2.45, 2.75) is 19.8 Å². The third-order valence-electron chi connectivity index (χ3n) is 2.64. The van der Waals surface area contributed by atoms with E-state index in [4.69, 9.17) is 5.26 Å². The predicted molar refractivity (Wildman–Crippen MR) is 65.6 cm³/mol. The van der Waals surface area contributed by atoms with E-state index in [-0.39, 0.29) is 17.4 Å². The van der Waals surface area contributed by atoms with Crippen LogP contribution in [0.3, 0.4) is 0 Å². The molecule has 2 rings (SSSR count). The monoisotopic (exact) mass is 227 g/mol. The molecule has 1 fully saturated rings. The second-order valence-electron chi connectivity index (χ2n) is 4.19. The molecule has 0 radical (unpaired) electrons. The van der Waals surface area contributed by atoms with Crippen molar-refractivity contribution < 1.29 is 4.79 Å². The molecule has 0 atom stereocenters. The Morgan fingerprint density at radius 3 is 2.59 bits per heavy atom. The number of anilines is 1. The van der Waals surface area contributed by atoms with Gasteiger partial charge in [-0.15, -0.1) is 0 Å². The van der Waals surface area contributed by atoms with Crippen molar-refractivity contribution in [3.63, 3.8) is 0 Å². The number of carbonyl (C=O) groups is 1. The number of hydrogen-bond acceptors (Lipinski definition) is 4. The normalized spacial score (nSPS) is 15.2. The van der Waals surface area contributed by atoms with Crippen LogP contribution >= 0.6 is 0 Å². The lowest BCUT2D eigenvalue weighted by Gasteiger charge is -2.01. The van der Waals surface area contributed by atoms with Crippen LogP contribution in [-0.2, 0) is 4.79 Å². The molecule has 86 valence electrons. The molecule has 1 aliphatic carbocycles. The molecule has 0 aromatic heterocycles. The summed E-state index contributed by atoms with van der Waals surface area (Å²) in [6, 6.07) is 9.43.